The molecule has 16 heavy (non-hydrogen) atoms. The molecule has 0 amide bonds. The van der Waals surface area contributed by atoms with Crippen LogP contribution in [0.4, 0.5) is 0 Å². The van der Waals surface area contributed by atoms with Crippen molar-refractivity contribution in [3.05, 3.63) is 35.9 Å². The second-order valence-corrected chi connectivity index (χ2v) is 5.54. The van der Waals surface area contributed by atoms with Crippen molar-refractivity contribution in [2.45, 2.75) is 32.1 Å². The van der Waals surface area contributed by atoms with Crippen LogP contribution in [0.15, 0.2) is 30.3 Å². The summed E-state index contributed by atoms with van der Waals surface area (Å²) in [7, 11) is 0. The lowest BCUT2D eigenvalue weighted by atomic mass is 10.2. The highest BCUT2D eigenvalue weighted by atomic mass is 32.2. The number of hydrogen-bond acceptors (Lipinski definition) is 3. The molecule has 0 aliphatic rings. The predicted molar refractivity (Wildman–Crippen MR) is 76.1 cm³/mol. The zero-order valence-electron chi connectivity index (χ0n) is 9.81. The van der Waals surface area contributed by atoms with Gasteiger partial charge in [-0.1, -0.05) is 67.7 Å². The second-order valence-electron chi connectivity index (χ2n) is 3.56. The Labute approximate surface area is 108 Å². The van der Waals surface area contributed by atoms with Crippen molar-refractivity contribution in [2.75, 3.05) is 6.61 Å². The van der Waals surface area contributed by atoms with E-state index in [0.29, 0.717) is 0 Å². The highest BCUT2D eigenvalue weighted by Gasteiger charge is 2.08. The number of thiocarbonyl (C=S) groups is 1. The highest BCUT2D eigenvalue weighted by Crippen LogP contribution is 2.20. The van der Waals surface area contributed by atoms with Crippen LogP contribution in [0, 0.1) is 0 Å². The third-order valence-electron chi connectivity index (χ3n) is 2.13. The van der Waals surface area contributed by atoms with Crippen molar-refractivity contribution in [1.82, 2.24) is 0 Å². The zero-order chi connectivity index (χ0) is 11.8. The Morgan fingerprint density at radius 1 is 1.38 bits per heavy atom. The molecule has 0 spiro atoms. The number of ether oxygens (including phenoxy) is 1. The summed E-state index contributed by atoms with van der Waals surface area (Å²) in [5.41, 5.74) is 1.24. The maximum Gasteiger partial charge on any atom is 0.105 e. The van der Waals surface area contributed by atoms with Crippen molar-refractivity contribution >= 4 is 28.2 Å². The minimum atomic E-state index is 0.138. The van der Waals surface area contributed by atoms with E-state index in [4.69, 9.17) is 17.0 Å². The van der Waals surface area contributed by atoms with Crippen LogP contribution in [-0.4, -0.2) is 16.2 Å². The average Bonchev–Trinajstić information content (AvgIpc) is 2.30. The number of benzene rings is 1. The normalized spacial score (nSPS) is 12.4. The average molecular weight is 254 g/mol. The van der Waals surface area contributed by atoms with Gasteiger partial charge in [-0.3, -0.25) is 0 Å². The van der Waals surface area contributed by atoms with Gasteiger partial charge < -0.3 is 4.74 Å². The molecule has 1 atom stereocenters. The van der Waals surface area contributed by atoms with E-state index in [1.165, 1.54) is 6.42 Å². The van der Waals surface area contributed by atoms with Gasteiger partial charge in [0.15, 0.2) is 0 Å². The van der Waals surface area contributed by atoms with Crippen molar-refractivity contribution in [2.24, 2.45) is 0 Å². The van der Waals surface area contributed by atoms with Crippen LogP contribution in [0.5, 0.6) is 0 Å². The number of hydrogen-bond donors (Lipinski definition) is 0. The van der Waals surface area contributed by atoms with E-state index >= 15 is 0 Å². The van der Waals surface area contributed by atoms with E-state index in [9.17, 15) is 0 Å². The summed E-state index contributed by atoms with van der Waals surface area (Å²) in [6.45, 7) is 5.04. The van der Waals surface area contributed by atoms with Gasteiger partial charge in [-0.2, -0.15) is 0 Å². The molecule has 0 aliphatic heterocycles. The van der Waals surface area contributed by atoms with Crippen molar-refractivity contribution in [3.63, 3.8) is 0 Å². The maximum absolute atomic E-state index is 5.65. The first-order valence-electron chi connectivity index (χ1n) is 5.61. The molecule has 0 saturated carbocycles. The van der Waals surface area contributed by atoms with Gasteiger partial charge in [0.2, 0.25) is 0 Å². The Balaban J connectivity index is 2.34. The molecule has 1 aromatic rings. The molecule has 0 aromatic heterocycles. The lowest BCUT2D eigenvalue weighted by Crippen LogP contribution is -2.08. The molecule has 1 unspecified atom stereocenters. The van der Waals surface area contributed by atoms with Crippen molar-refractivity contribution in [1.29, 1.82) is 0 Å². The van der Waals surface area contributed by atoms with Crippen LogP contribution < -0.4 is 0 Å². The van der Waals surface area contributed by atoms with Crippen LogP contribution in [0.25, 0.3) is 0 Å². The number of unbranched alkanes of at least 4 members (excludes halogenated alkanes) is 1. The molecule has 0 N–H and O–H groups in total. The molecular formula is C13H18OS2. The van der Waals surface area contributed by atoms with Crippen LogP contribution in [0.3, 0.4) is 0 Å². The van der Waals surface area contributed by atoms with Gasteiger partial charge in [-0.05, 0) is 18.9 Å². The predicted octanol–water partition coefficient (Wildman–Crippen LogP) is 4.26. The van der Waals surface area contributed by atoms with Gasteiger partial charge >= 0.3 is 0 Å². The fraction of sp³-hybridized carbons (Fsp3) is 0.462. The monoisotopic (exact) mass is 254 g/mol. The molecule has 0 fully saturated rings. The van der Waals surface area contributed by atoms with E-state index in [1.807, 2.05) is 30.3 Å². The smallest absolute Gasteiger partial charge is 0.105 e. The standard InChI is InChI=1S/C13H18OS2/c1-3-4-10-14-11(2)16-13(15)12-8-6-5-7-9-12/h5-9,11H,3-4,10H2,1-2H3. The fourth-order valence-electron chi connectivity index (χ4n) is 1.22. The molecule has 88 valence electrons. The summed E-state index contributed by atoms with van der Waals surface area (Å²) in [5.74, 6) is 0. The quantitative estimate of drug-likeness (QED) is 0.426. The van der Waals surface area contributed by atoms with Crippen LogP contribution >= 0.6 is 24.0 Å². The first-order valence-corrected chi connectivity index (χ1v) is 6.90. The van der Waals surface area contributed by atoms with Gasteiger partial charge in [0.25, 0.3) is 0 Å². The number of thioether (sulfide) groups is 1. The summed E-state index contributed by atoms with van der Waals surface area (Å²) in [6.07, 6.45) is 2.28. The summed E-state index contributed by atoms with van der Waals surface area (Å²) < 4.78 is 6.56. The van der Waals surface area contributed by atoms with E-state index in [1.54, 1.807) is 11.8 Å². The Bertz CT molecular complexity index is 311. The van der Waals surface area contributed by atoms with Crippen molar-refractivity contribution < 1.29 is 4.74 Å². The van der Waals surface area contributed by atoms with Crippen molar-refractivity contribution in [3.8, 4) is 0 Å². The Kier molecular flexibility index (Phi) is 6.69. The Hall–Kier alpha value is -0.380. The minimum Gasteiger partial charge on any atom is -0.368 e. The van der Waals surface area contributed by atoms with Crippen LogP contribution in [0.2, 0.25) is 0 Å². The molecule has 1 nitrogen and oxygen atoms in total. The lowest BCUT2D eigenvalue weighted by Gasteiger charge is -2.12. The van der Waals surface area contributed by atoms with Gasteiger partial charge in [0.1, 0.15) is 5.44 Å². The minimum absolute atomic E-state index is 0.138. The lowest BCUT2D eigenvalue weighted by molar-refractivity contribution is 0.122. The number of rotatable bonds is 6. The molecule has 1 aromatic carbocycles. The Morgan fingerprint density at radius 3 is 2.69 bits per heavy atom. The summed E-state index contributed by atoms with van der Waals surface area (Å²) in [5, 5.41) is 0. The molecular weight excluding hydrogens is 236 g/mol. The third kappa shape index (κ3) is 5.10. The van der Waals surface area contributed by atoms with Gasteiger partial charge in [0.05, 0.1) is 4.20 Å². The van der Waals surface area contributed by atoms with Crippen LogP contribution in [-0.2, 0) is 4.74 Å². The van der Waals surface area contributed by atoms with E-state index < -0.39 is 0 Å². The molecule has 0 saturated heterocycles. The highest BCUT2D eigenvalue weighted by molar-refractivity contribution is 8.24. The van der Waals surface area contributed by atoms with Crippen LogP contribution in [0.1, 0.15) is 32.3 Å². The zero-order valence-corrected chi connectivity index (χ0v) is 11.4. The van der Waals surface area contributed by atoms with Gasteiger partial charge in [-0.25, -0.2) is 0 Å². The second kappa shape index (κ2) is 7.82. The molecule has 0 heterocycles. The maximum atomic E-state index is 5.65. The summed E-state index contributed by atoms with van der Waals surface area (Å²) >= 11 is 6.97. The SMILES string of the molecule is CCCCOC(C)SC(=S)c1ccccc1. The van der Waals surface area contributed by atoms with E-state index in [-0.39, 0.29) is 5.44 Å². The first kappa shape index (κ1) is 13.7. The van der Waals surface area contributed by atoms with Gasteiger partial charge in [-0.15, -0.1) is 0 Å². The summed E-state index contributed by atoms with van der Waals surface area (Å²) in [4.78, 5) is 0. The molecule has 0 bridgehead atoms. The molecule has 0 radical (unpaired) electrons. The molecule has 3 heteroatoms. The molecule has 0 aliphatic carbocycles. The van der Waals surface area contributed by atoms with E-state index in [2.05, 4.69) is 13.8 Å². The van der Waals surface area contributed by atoms with E-state index in [0.717, 1.165) is 22.8 Å². The Morgan fingerprint density at radius 2 is 2.06 bits per heavy atom. The summed E-state index contributed by atoms with van der Waals surface area (Å²) in [6, 6.07) is 10.1. The fourth-order valence-corrected chi connectivity index (χ4v) is 2.50. The first-order chi connectivity index (χ1) is 7.74. The largest absolute Gasteiger partial charge is 0.368 e. The molecule has 1 rings (SSSR count). The topological polar surface area (TPSA) is 9.23 Å². The third-order valence-corrected chi connectivity index (χ3v) is 3.58. The van der Waals surface area contributed by atoms with Gasteiger partial charge in [0, 0.05) is 6.61 Å².